The maximum Gasteiger partial charge on any atom is 0.457 e. The van der Waals surface area contributed by atoms with Gasteiger partial charge in [0.1, 0.15) is 0 Å². The van der Waals surface area contributed by atoms with E-state index in [0.29, 0.717) is 58.2 Å². The number of aromatic nitrogens is 2. The van der Waals surface area contributed by atoms with Crippen LogP contribution in [0.15, 0.2) is 54.1 Å². The molecule has 6 nitrogen and oxygen atoms in total. The van der Waals surface area contributed by atoms with E-state index in [1.807, 2.05) is 29.8 Å². The molecule has 1 aromatic heterocycles. The molecule has 9 heteroatoms. The lowest BCUT2D eigenvalue weighted by molar-refractivity contribution is -0.208. The Morgan fingerprint density at radius 1 is 1.10 bits per heavy atom. The number of rotatable bonds is 2. The highest BCUT2D eigenvalue weighted by molar-refractivity contribution is 5.47. The smallest absolute Gasteiger partial charge is 0.431 e. The van der Waals surface area contributed by atoms with E-state index in [1.54, 1.807) is 12.5 Å². The minimum Gasteiger partial charge on any atom is -0.431 e. The van der Waals surface area contributed by atoms with Gasteiger partial charge in [-0.15, -0.1) is 0 Å². The SMILES string of the molecule is C[C@]12C[C@H](c3ccc(-n4ccnc4)cc3)C3=C4CCC5(C[C@]4(O)CCC3C1CC[C@@]2([OH2+])C#CC(F)(F)F)OCCO5. The van der Waals surface area contributed by atoms with Gasteiger partial charge in [0.05, 0.1) is 30.6 Å². The maximum atomic E-state index is 13.2. The second-order valence-electron chi connectivity index (χ2n) is 12.9. The summed E-state index contributed by atoms with van der Waals surface area (Å²) in [5.74, 6) is 3.12. The number of fused-ring (bicyclic) bond motifs is 4. The Labute approximate surface area is 237 Å². The van der Waals surface area contributed by atoms with Gasteiger partial charge in [0.2, 0.25) is 5.60 Å². The molecule has 1 aromatic carbocycles. The molecule has 218 valence electrons. The summed E-state index contributed by atoms with van der Waals surface area (Å²) in [5.41, 5.74) is 1.06. The minimum atomic E-state index is -4.63. The molecule has 1 spiro atoms. The molecule has 0 radical (unpaired) electrons. The Morgan fingerprint density at radius 3 is 2.54 bits per heavy atom. The molecular weight excluding hydrogens is 533 g/mol. The van der Waals surface area contributed by atoms with E-state index < -0.39 is 28.6 Å². The van der Waals surface area contributed by atoms with Crippen molar-refractivity contribution < 1.29 is 32.9 Å². The lowest BCUT2D eigenvalue weighted by atomic mass is 9.49. The predicted octanol–water partition coefficient (Wildman–Crippen LogP) is 5.17. The fourth-order valence-corrected chi connectivity index (χ4v) is 9.01. The number of benzene rings is 1. The molecule has 7 rings (SSSR count). The largest absolute Gasteiger partial charge is 0.457 e. The second kappa shape index (κ2) is 9.18. The fraction of sp³-hybridized carbons (Fsp3) is 0.594. The first-order valence-corrected chi connectivity index (χ1v) is 14.6. The van der Waals surface area contributed by atoms with Gasteiger partial charge in [-0.25, -0.2) is 4.98 Å². The van der Waals surface area contributed by atoms with Crippen LogP contribution in [0.5, 0.6) is 0 Å². The molecule has 2 aromatic rings. The minimum absolute atomic E-state index is 0.0333. The van der Waals surface area contributed by atoms with Crippen LogP contribution in [0.2, 0.25) is 0 Å². The van der Waals surface area contributed by atoms with E-state index >= 15 is 0 Å². The number of allylic oxidation sites excluding steroid dienone is 1. The maximum absolute atomic E-state index is 13.2. The molecule has 4 fully saturated rings. The lowest BCUT2D eigenvalue weighted by Crippen LogP contribution is -2.55. The quantitative estimate of drug-likeness (QED) is 0.308. The van der Waals surface area contributed by atoms with Gasteiger partial charge >= 0.3 is 6.18 Å². The Morgan fingerprint density at radius 2 is 1.85 bits per heavy atom. The third kappa shape index (κ3) is 4.29. The van der Waals surface area contributed by atoms with Crippen LogP contribution in [0.25, 0.3) is 5.69 Å². The van der Waals surface area contributed by atoms with Crippen LogP contribution in [0.3, 0.4) is 0 Å². The van der Waals surface area contributed by atoms with E-state index in [-0.39, 0.29) is 17.8 Å². The summed E-state index contributed by atoms with van der Waals surface area (Å²) in [7, 11) is 0. The zero-order valence-electron chi connectivity index (χ0n) is 23.1. The van der Waals surface area contributed by atoms with Gasteiger partial charge in [-0.05, 0) is 73.1 Å². The van der Waals surface area contributed by atoms with Crippen LogP contribution in [0, 0.1) is 29.1 Å². The first-order chi connectivity index (χ1) is 19.4. The van der Waals surface area contributed by atoms with Crippen LogP contribution in [-0.2, 0) is 9.47 Å². The number of imidazole rings is 1. The van der Waals surface area contributed by atoms with Crippen LogP contribution in [0.4, 0.5) is 13.2 Å². The third-order valence-corrected chi connectivity index (χ3v) is 10.9. The van der Waals surface area contributed by atoms with E-state index in [2.05, 4.69) is 23.0 Å². The van der Waals surface area contributed by atoms with Crippen molar-refractivity contribution in [2.24, 2.45) is 17.3 Å². The van der Waals surface area contributed by atoms with Crippen molar-refractivity contribution in [1.29, 1.82) is 0 Å². The van der Waals surface area contributed by atoms with Gasteiger partial charge in [-0.2, -0.15) is 13.2 Å². The fourth-order valence-electron chi connectivity index (χ4n) is 9.01. The third-order valence-electron chi connectivity index (χ3n) is 10.9. The Balaban J connectivity index is 1.34. The normalized spacial score (nSPS) is 37.8. The van der Waals surface area contributed by atoms with E-state index in [9.17, 15) is 23.4 Å². The van der Waals surface area contributed by atoms with Gasteiger partial charge in [0.15, 0.2) is 5.79 Å². The molecule has 1 saturated heterocycles. The Kier molecular flexibility index (Phi) is 6.09. The van der Waals surface area contributed by atoms with Crippen LogP contribution >= 0.6 is 0 Å². The van der Waals surface area contributed by atoms with Gasteiger partial charge in [-0.1, -0.05) is 24.6 Å². The molecule has 1 aliphatic heterocycles. The number of hydrogen-bond acceptors (Lipinski definition) is 4. The highest BCUT2D eigenvalue weighted by Crippen LogP contribution is 2.68. The number of hydrogen-bond donors (Lipinski definition) is 1. The van der Waals surface area contributed by atoms with Gasteiger partial charge < -0.3 is 24.3 Å². The van der Waals surface area contributed by atoms with Crippen LogP contribution in [0.1, 0.15) is 69.8 Å². The molecular formula is C32H36F3N2O4+. The summed E-state index contributed by atoms with van der Waals surface area (Å²) in [5, 5.41) is 21.5. The van der Waals surface area contributed by atoms with Crippen molar-refractivity contribution in [3.63, 3.8) is 0 Å². The van der Waals surface area contributed by atoms with Crippen molar-refractivity contribution in [3.05, 3.63) is 59.7 Å². The van der Waals surface area contributed by atoms with Gasteiger partial charge in [-0.3, -0.25) is 0 Å². The first kappa shape index (κ1) is 27.2. The topological polar surface area (TPSA) is 79.4 Å². The predicted molar refractivity (Wildman–Crippen MR) is 145 cm³/mol. The van der Waals surface area contributed by atoms with Crippen molar-refractivity contribution in [1.82, 2.24) is 9.55 Å². The van der Waals surface area contributed by atoms with Crippen molar-refractivity contribution in [2.45, 2.75) is 87.4 Å². The molecule has 2 unspecified atom stereocenters. The molecule has 4 aliphatic carbocycles. The molecule has 3 N–H and O–H groups in total. The zero-order valence-corrected chi connectivity index (χ0v) is 23.1. The monoisotopic (exact) mass is 569 g/mol. The molecule has 2 heterocycles. The van der Waals surface area contributed by atoms with Crippen molar-refractivity contribution >= 4 is 0 Å². The van der Waals surface area contributed by atoms with Gasteiger partial charge in [0, 0.05) is 49.2 Å². The van der Waals surface area contributed by atoms with Gasteiger partial charge in [0.25, 0.3) is 0 Å². The van der Waals surface area contributed by atoms with Crippen LogP contribution < -0.4 is 0 Å². The summed E-state index contributed by atoms with van der Waals surface area (Å²) >= 11 is 0. The Hall–Kier alpha value is -2.64. The van der Waals surface area contributed by atoms with E-state index in [0.717, 1.165) is 23.2 Å². The standard InChI is InChI=1S/C32H35F3N2O4/c1-28-18-24(21-2-4-22(5-3-21)37-15-14-36-20-37)27-23(25(28)7-10-30(28,39)12-13-32(33,34)35)6-9-29(38)19-31(11-8-26(27)29)40-16-17-41-31/h2-5,14-15,20,23-25,38-39H,6-11,16-19H2,1H3/p+1/t23?,24-,25?,28+,29-,30-/m1/s1. The summed E-state index contributed by atoms with van der Waals surface area (Å²) in [6.07, 6.45) is 5.22. The average Bonchev–Trinajstić information content (AvgIpc) is 3.68. The number of alkyl halides is 3. The number of nitrogens with zero attached hydrogens (tertiary/aromatic N) is 2. The highest BCUT2D eigenvalue weighted by Gasteiger charge is 2.67. The summed E-state index contributed by atoms with van der Waals surface area (Å²) in [4.78, 5) is 4.14. The lowest BCUT2D eigenvalue weighted by Gasteiger charge is -2.56. The first-order valence-electron chi connectivity index (χ1n) is 14.6. The molecule has 0 amide bonds. The van der Waals surface area contributed by atoms with Crippen molar-refractivity contribution in [2.75, 3.05) is 13.2 Å². The highest BCUT2D eigenvalue weighted by atomic mass is 19.4. The summed E-state index contributed by atoms with van der Waals surface area (Å²) in [6, 6.07) is 8.22. The number of aliphatic hydroxyl groups is 1. The zero-order chi connectivity index (χ0) is 28.7. The van der Waals surface area contributed by atoms with Crippen molar-refractivity contribution in [3.8, 4) is 17.5 Å². The second-order valence-corrected chi connectivity index (χ2v) is 12.9. The molecule has 5 aliphatic rings. The average molecular weight is 570 g/mol. The van der Waals surface area contributed by atoms with E-state index in [1.165, 1.54) is 11.5 Å². The summed E-state index contributed by atoms with van der Waals surface area (Å²) < 4.78 is 53.6. The molecule has 3 saturated carbocycles. The van der Waals surface area contributed by atoms with E-state index in [4.69, 9.17) is 9.47 Å². The molecule has 0 bridgehead atoms. The summed E-state index contributed by atoms with van der Waals surface area (Å²) in [6.45, 7) is 3.05. The number of halogens is 3. The molecule has 6 atom stereocenters. The molecule has 41 heavy (non-hydrogen) atoms. The Bertz CT molecular complexity index is 1420. The van der Waals surface area contributed by atoms with Crippen LogP contribution in [-0.4, -0.2) is 56.1 Å². The number of ether oxygens (including phenoxy) is 2.